The number of hydrogen-bond donors (Lipinski definition) is 1. The molecule has 124 valence electrons. The lowest BCUT2D eigenvalue weighted by molar-refractivity contribution is 0.0696. The Morgan fingerprint density at radius 3 is 2.72 bits per heavy atom. The van der Waals surface area contributed by atoms with Gasteiger partial charge in [-0.2, -0.15) is 0 Å². The molecule has 2 aromatic rings. The Hall–Kier alpha value is -3.07. The molecular weight excluding hydrogens is 312 g/mol. The monoisotopic (exact) mass is 330 g/mol. The Morgan fingerprint density at radius 2 is 1.92 bits per heavy atom. The maximum atomic E-state index is 11.8. The van der Waals surface area contributed by atoms with E-state index < -0.39 is 5.97 Å². The van der Waals surface area contributed by atoms with Crippen LogP contribution in [0.4, 0.5) is 0 Å². The molecule has 0 aromatic heterocycles. The molecule has 0 saturated carbocycles. The molecule has 2 aromatic carbocycles. The van der Waals surface area contributed by atoms with Crippen LogP contribution in [0.15, 0.2) is 72.0 Å². The Morgan fingerprint density at radius 1 is 1.12 bits per heavy atom. The SMILES string of the molecule is Cc1ccc2c(c1)OC1=CC(C)C=CC1=C2c1ccccc1C(=O)O. The van der Waals surface area contributed by atoms with Crippen LogP contribution in [-0.2, 0) is 0 Å². The van der Waals surface area contributed by atoms with E-state index in [-0.39, 0.29) is 5.92 Å². The molecule has 0 fully saturated rings. The van der Waals surface area contributed by atoms with Crippen LogP contribution in [0.5, 0.6) is 5.75 Å². The summed E-state index contributed by atoms with van der Waals surface area (Å²) in [5, 5.41) is 9.64. The molecule has 0 bridgehead atoms. The number of allylic oxidation sites excluding steroid dienone is 3. The van der Waals surface area contributed by atoms with Crippen LogP contribution < -0.4 is 4.74 Å². The van der Waals surface area contributed by atoms with Gasteiger partial charge in [0.2, 0.25) is 0 Å². The number of carboxylic acids is 1. The number of carboxylic acid groups (broad SMARTS) is 1. The van der Waals surface area contributed by atoms with E-state index in [4.69, 9.17) is 4.74 Å². The molecule has 1 heterocycles. The van der Waals surface area contributed by atoms with Crippen molar-refractivity contribution >= 4 is 11.5 Å². The summed E-state index contributed by atoms with van der Waals surface area (Å²) >= 11 is 0. The second-order valence-electron chi connectivity index (χ2n) is 6.49. The van der Waals surface area contributed by atoms with Gasteiger partial charge in [0.05, 0.1) is 5.56 Å². The fourth-order valence-electron chi connectivity index (χ4n) is 3.37. The Balaban J connectivity index is 2.06. The summed E-state index contributed by atoms with van der Waals surface area (Å²) in [6, 6.07) is 13.2. The second-order valence-corrected chi connectivity index (χ2v) is 6.49. The fourth-order valence-corrected chi connectivity index (χ4v) is 3.37. The zero-order valence-corrected chi connectivity index (χ0v) is 14.1. The lowest BCUT2D eigenvalue weighted by Gasteiger charge is -2.28. The average molecular weight is 330 g/mol. The first kappa shape index (κ1) is 15.5. The fraction of sp³-hybridized carbons (Fsp3) is 0.136. The summed E-state index contributed by atoms with van der Waals surface area (Å²) in [4.78, 5) is 11.8. The molecule has 4 rings (SSSR count). The van der Waals surface area contributed by atoms with Crippen LogP contribution in [0, 0.1) is 12.8 Å². The molecule has 1 N–H and O–H groups in total. The van der Waals surface area contributed by atoms with Crippen molar-refractivity contribution in [1.82, 2.24) is 0 Å². The molecule has 0 saturated heterocycles. The van der Waals surface area contributed by atoms with Gasteiger partial charge in [-0.25, -0.2) is 4.79 Å². The van der Waals surface area contributed by atoms with E-state index in [1.165, 1.54) is 0 Å². The van der Waals surface area contributed by atoms with Crippen molar-refractivity contribution in [2.24, 2.45) is 5.92 Å². The number of benzene rings is 2. The largest absolute Gasteiger partial charge is 0.478 e. The zero-order chi connectivity index (χ0) is 17.6. The van der Waals surface area contributed by atoms with Gasteiger partial charge in [0.1, 0.15) is 11.5 Å². The molecule has 1 atom stereocenters. The minimum atomic E-state index is -0.928. The van der Waals surface area contributed by atoms with Gasteiger partial charge in [0.25, 0.3) is 0 Å². The number of carbonyl (C=O) groups is 1. The van der Waals surface area contributed by atoms with Crippen LogP contribution in [-0.4, -0.2) is 11.1 Å². The van der Waals surface area contributed by atoms with Crippen molar-refractivity contribution < 1.29 is 14.6 Å². The summed E-state index contributed by atoms with van der Waals surface area (Å²) in [7, 11) is 0. The van der Waals surface area contributed by atoms with Gasteiger partial charge in [0.15, 0.2) is 0 Å². The van der Waals surface area contributed by atoms with E-state index in [9.17, 15) is 9.90 Å². The van der Waals surface area contributed by atoms with Gasteiger partial charge >= 0.3 is 5.97 Å². The molecule has 25 heavy (non-hydrogen) atoms. The molecule has 1 aliphatic heterocycles. The number of aryl methyl sites for hydroxylation is 1. The topological polar surface area (TPSA) is 46.5 Å². The minimum absolute atomic E-state index is 0.279. The Bertz CT molecular complexity index is 977. The molecule has 0 radical (unpaired) electrons. The summed E-state index contributed by atoms with van der Waals surface area (Å²) < 4.78 is 6.14. The molecule has 1 unspecified atom stereocenters. The van der Waals surface area contributed by atoms with E-state index in [1.807, 2.05) is 43.3 Å². The van der Waals surface area contributed by atoms with Crippen LogP contribution in [0.2, 0.25) is 0 Å². The average Bonchev–Trinajstić information content (AvgIpc) is 2.59. The summed E-state index contributed by atoms with van der Waals surface area (Å²) in [5.41, 5.74) is 4.88. The van der Waals surface area contributed by atoms with E-state index in [0.29, 0.717) is 11.1 Å². The van der Waals surface area contributed by atoms with Crippen molar-refractivity contribution in [3.05, 3.63) is 94.3 Å². The van der Waals surface area contributed by atoms with E-state index in [1.54, 1.807) is 12.1 Å². The predicted octanol–water partition coefficient (Wildman–Crippen LogP) is 4.98. The van der Waals surface area contributed by atoms with Crippen molar-refractivity contribution in [2.75, 3.05) is 0 Å². The maximum Gasteiger partial charge on any atom is 0.336 e. The Kier molecular flexibility index (Phi) is 3.57. The van der Waals surface area contributed by atoms with Gasteiger partial charge in [-0.15, -0.1) is 0 Å². The molecule has 0 amide bonds. The number of rotatable bonds is 2. The van der Waals surface area contributed by atoms with E-state index >= 15 is 0 Å². The number of ether oxygens (including phenoxy) is 1. The van der Waals surface area contributed by atoms with E-state index in [2.05, 4.69) is 19.1 Å². The summed E-state index contributed by atoms with van der Waals surface area (Å²) in [5.74, 6) is 0.916. The highest BCUT2D eigenvalue weighted by Crippen LogP contribution is 2.44. The molecular formula is C22H18O3. The van der Waals surface area contributed by atoms with Crippen LogP contribution in [0.1, 0.15) is 34.0 Å². The van der Waals surface area contributed by atoms with Crippen molar-refractivity contribution in [2.45, 2.75) is 13.8 Å². The second kappa shape index (κ2) is 5.78. The van der Waals surface area contributed by atoms with E-state index in [0.717, 1.165) is 33.8 Å². The summed E-state index contributed by atoms with van der Waals surface area (Å²) in [6.45, 7) is 4.12. The van der Waals surface area contributed by atoms with Gasteiger partial charge in [-0.1, -0.05) is 49.4 Å². The highest BCUT2D eigenvalue weighted by Gasteiger charge is 2.28. The third-order valence-corrected chi connectivity index (χ3v) is 4.57. The normalized spacial score (nSPS) is 18.2. The minimum Gasteiger partial charge on any atom is -0.478 e. The standard InChI is InChI=1S/C22H18O3/c1-13-7-9-17-19(11-13)25-20-12-14(2)8-10-18(20)21(17)15-5-3-4-6-16(15)22(23)24/h3-13H,1-2H3,(H,23,24). The van der Waals surface area contributed by atoms with Gasteiger partial charge < -0.3 is 9.84 Å². The number of aromatic carboxylic acids is 1. The third kappa shape index (κ3) is 2.58. The maximum absolute atomic E-state index is 11.8. The number of hydrogen-bond acceptors (Lipinski definition) is 2. The number of fused-ring (bicyclic) bond motifs is 2. The lowest BCUT2D eigenvalue weighted by Crippen LogP contribution is -2.14. The smallest absolute Gasteiger partial charge is 0.336 e. The predicted molar refractivity (Wildman–Crippen MR) is 97.6 cm³/mol. The van der Waals surface area contributed by atoms with Crippen LogP contribution >= 0.6 is 0 Å². The first-order valence-electron chi connectivity index (χ1n) is 8.31. The third-order valence-electron chi connectivity index (χ3n) is 4.57. The molecule has 2 aliphatic rings. The Labute approximate surface area is 146 Å². The van der Waals surface area contributed by atoms with Crippen LogP contribution in [0.25, 0.3) is 5.57 Å². The molecule has 0 spiro atoms. The van der Waals surface area contributed by atoms with Gasteiger partial charge in [0, 0.05) is 16.7 Å². The van der Waals surface area contributed by atoms with Gasteiger partial charge in [-0.05, 0) is 42.2 Å². The van der Waals surface area contributed by atoms with Crippen molar-refractivity contribution in [3.8, 4) is 5.75 Å². The van der Waals surface area contributed by atoms with Crippen LogP contribution in [0.3, 0.4) is 0 Å². The highest BCUT2D eigenvalue weighted by molar-refractivity contribution is 6.00. The molecule has 3 heteroatoms. The first-order chi connectivity index (χ1) is 12.0. The molecule has 1 aliphatic carbocycles. The lowest BCUT2D eigenvalue weighted by atomic mass is 9.84. The van der Waals surface area contributed by atoms with Crippen molar-refractivity contribution in [3.63, 3.8) is 0 Å². The highest BCUT2D eigenvalue weighted by atomic mass is 16.5. The zero-order valence-electron chi connectivity index (χ0n) is 14.1. The quantitative estimate of drug-likeness (QED) is 0.845. The van der Waals surface area contributed by atoms with Crippen molar-refractivity contribution in [1.29, 1.82) is 0 Å². The molecule has 3 nitrogen and oxygen atoms in total. The summed E-state index contributed by atoms with van der Waals surface area (Å²) in [6.07, 6.45) is 6.21. The first-order valence-corrected chi connectivity index (χ1v) is 8.31. The van der Waals surface area contributed by atoms with Gasteiger partial charge in [-0.3, -0.25) is 0 Å².